The highest BCUT2D eigenvalue weighted by Crippen LogP contribution is 2.28. The molecule has 0 spiro atoms. The van der Waals surface area contributed by atoms with Gasteiger partial charge in [0.1, 0.15) is 6.10 Å². The molecule has 1 atom stereocenters. The number of benzene rings is 1. The number of para-hydroxylation sites is 1. The molecule has 2 heterocycles. The predicted octanol–water partition coefficient (Wildman–Crippen LogP) is 3.33. The van der Waals surface area contributed by atoms with Gasteiger partial charge in [-0.05, 0) is 37.1 Å². The van der Waals surface area contributed by atoms with E-state index in [1.54, 1.807) is 12.4 Å². The van der Waals surface area contributed by atoms with Crippen LogP contribution in [0.25, 0.3) is 10.9 Å². The summed E-state index contributed by atoms with van der Waals surface area (Å²) in [5.41, 5.74) is 4.53. The Kier molecular flexibility index (Phi) is 3.20. The number of nitrogens with zero attached hydrogens (tertiary/aromatic N) is 2. The summed E-state index contributed by atoms with van der Waals surface area (Å²) in [4.78, 5) is 8.66. The molecule has 1 aromatic carbocycles. The van der Waals surface area contributed by atoms with Crippen molar-refractivity contribution in [1.82, 2.24) is 9.97 Å². The van der Waals surface area contributed by atoms with Crippen molar-refractivity contribution in [2.24, 2.45) is 0 Å². The zero-order valence-corrected chi connectivity index (χ0v) is 11.5. The minimum absolute atomic E-state index is 0.686. The van der Waals surface area contributed by atoms with Gasteiger partial charge in [-0.2, -0.15) is 0 Å². The largest absolute Gasteiger partial charge is 0.384 e. The van der Waals surface area contributed by atoms with E-state index >= 15 is 0 Å². The van der Waals surface area contributed by atoms with Crippen LogP contribution in [-0.2, 0) is 0 Å². The van der Waals surface area contributed by atoms with Crippen molar-refractivity contribution in [2.75, 3.05) is 0 Å². The first-order chi connectivity index (χ1) is 9.65. The smallest absolute Gasteiger partial charge is 0.106 e. The van der Waals surface area contributed by atoms with Crippen LogP contribution in [-0.4, -0.2) is 15.1 Å². The first-order valence-corrected chi connectivity index (χ1v) is 6.61. The molecule has 20 heavy (non-hydrogen) atoms. The fourth-order valence-electron chi connectivity index (χ4n) is 2.47. The molecule has 0 aliphatic carbocycles. The van der Waals surface area contributed by atoms with Crippen LogP contribution in [0.4, 0.5) is 0 Å². The molecule has 0 saturated carbocycles. The molecular formula is C17H16N2O. The topological polar surface area (TPSA) is 46.0 Å². The summed E-state index contributed by atoms with van der Waals surface area (Å²) in [6.07, 6.45) is 2.81. The molecule has 1 N–H and O–H groups in total. The molecule has 0 radical (unpaired) electrons. The van der Waals surface area contributed by atoms with Crippen molar-refractivity contribution in [3.05, 3.63) is 71.2 Å². The molecule has 0 saturated heterocycles. The van der Waals surface area contributed by atoms with Gasteiger partial charge in [-0.15, -0.1) is 0 Å². The average molecular weight is 264 g/mol. The van der Waals surface area contributed by atoms with Gasteiger partial charge in [-0.1, -0.05) is 24.3 Å². The van der Waals surface area contributed by atoms with E-state index in [0.29, 0.717) is 0 Å². The van der Waals surface area contributed by atoms with Gasteiger partial charge in [0, 0.05) is 29.0 Å². The molecule has 100 valence electrons. The molecule has 2 aromatic heterocycles. The van der Waals surface area contributed by atoms with Gasteiger partial charge in [0.2, 0.25) is 0 Å². The predicted molar refractivity (Wildman–Crippen MR) is 79.5 cm³/mol. The van der Waals surface area contributed by atoms with Gasteiger partial charge >= 0.3 is 0 Å². The molecule has 0 amide bonds. The Morgan fingerprint density at radius 2 is 1.85 bits per heavy atom. The summed E-state index contributed by atoms with van der Waals surface area (Å²) < 4.78 is 0. The number of aryl methyl sites for hydroxylation is 2. The Labute approximate surface area is 117 Å². The fourth-order valence-corrected chi connectivity index (χ4v) is 2.47. The molecule has 3 aromatic rings. The van der Waals surface area contributed by atoms with Crippen molar-refractivity contribution >= 4 is 10.9 Å². The minimum Gasteiger partial charge on any atom is -0.384 e. The highest BCUT2D eigenvalue weighted by molar-refractivity contribution is 5.83. The van der Waals surface area contributed by atoms with Crippen LogP contribution >= 0.6 is 0 Å². The Morgan fingerprint density at radius 1 is 1.05 bits per heavy atom. The number of aliphatic hydroxyl groups excluding tert-OH is 1. The van der Waals surface area contributed by atoms with Crippen LogP contribution in [0, 0.1) is 13.8 Å². The summed E-state index contributed by atoms with van der Waals surface area (Å²) in [5, 5.41) is 11.6. The second-order valence-electron chi connectivity index (χ2n) is 5.07. The van der Waals surface area contributed by atoms with Crippen LogP contribution in [0.5, 0.6) is 0 Å². The molecule has 3 rings (SSSR count). The Balaban J connectivity index is 2.18. The quantitative estimate of drug-likeness (QED) is 0.772. The SMILES string of the molecule is Cc1cncc(C(O)c2cc(C)nc3ccccc23)c1. The summed E-state index contributed by atoms with van der Waals surface area (Å²) in [7, 11) is 0. The van der Waals surface area contributed by atoms with Gasteiger partial charge in [0.05, 0.1) is 5.52 Å². The maximum absolute atomic E-state index is 10.7. The average Bonchev–Trinajstić information content (AvgIpc) is 2.45. The number of hydrogen-bond donors (Lipinski definition) is 1. The van der Waals surface area contributed by atoms with Crippen LogP contribution in [0.2, 0.25) is 0 Å². The van der Waals surface area contributed by atoms with E-state index in [-0.39, 0.29) is 0 Å². The van der Waals surface area contributed by atoms with E-state index in [0.717, 1.165) is 33.3 Å². The standard InChI is InChI=1S/C17H16N2O/c1-11-7-13(10-18-9-11)17(20)15-8-12(2)19-16-6-4-3-5-14(15)16/h3-10,17,20H,1-2H3. The highest BCUT2D eigenvalue weighted by Gasteiger charge is 2.15. The number of rotatable bonds is 2. The summed E-state index contributed by atoms with van der Waals surface area (Å²) in [5.74, 6) is 0. The van der Waals surface area contributed by atoms with Crippen molar-refractivity contribution < 1.29 is 5.11 Å². The summed E-state index contributed by atoms with van der Waals surface area (Å²) in [6.45, 7) is 3.91. The van der Waals surface area contributed by atoms with Gasteiger partial charge in [-0.3, -0.25) is 9.97 Å². The van der Waals surface area contributed by atoms with Gasteiger partial charge < -0.3 is 5.11 Å². The van der Waals surface area contributed by atoms with E-state index < -0.39 is 6.10 Å². The van der Waals surface area contributed by atoms with Crippen LogP contribution < -0.4 is 0 Å². The van der Waals surface area contributed by atoms with Crippen molar-refractivity contribution in [3.8, 4) is 0 Å². The third-order valence-electron chi connectivity index (χ3n) is 3.38. The van der Waals surface area contributed by atoms with Gasteiger partial charge in [0.15, 0.2) is 0 Å². The van der Waals surface area contributed by atoms with E-state index in [4.69, 9.17) is 0 Å². The maximum Gasteiger partial charge on any atom is 0.106 e. The fraction of sp³-hybridized carbons (Fsp3) is 0.176. The Bertz CT molecular complexity index is 768. The maximum atomic E-state index is 10.7. The molecular weight excluding hydrogens is 248 g/mol. The number of pyridine rings is 2. The number of aliphatic hydroxyl groups is 1. The Hall–Kier alpha value is -2.26. The first-order valence-electron chi connectivity index (χ1n) is 6.61. The normalized spacial score (nSPS) is 12.6. The molecule has 3 heteroatoms. The lowest BCUT2D eigenvalue weighted by Gasteiger charge is -2.15. The second-order valence-corrected chi connectivity index (χ2v) is 5.07. The zero-order valence-electron chi connectivity index (χ0n) is 11.5. The molecule has 0 aliphatic heterocycles. The molecule has 1 unspecified atom stereocenters. The lowest BCUT2D eigenvalue weighted by molar-refractivity contribution is 0.221. The summed E-state index contributed by atoms with van der Waals surface area (Å²) in [6, 6.07) is 11.8. The highest BCUT2D eigenvalue weighted by atomic mass is 16.3. The van der Waals surface area contributed by atoms with Crippen LogP contribution in [0.3, 0.4) is 0 Å². The van der Waals surface area contributed by atoms with Crippen molar-refractivity contribution in [2.45, 2.75) is 20.0 Å². The minimum atomic E-state index is -0.686. The third-order valence-corrected chi connectivity index (χ3v) is 3.38. The monoisotopic (exact) mass is 264 g/mol. The lowest BCUT2D eigenvalue weighted by atomic mass is 9.98. The van der Waals surface area contributed by atoms with Crippen LogP contribution in [0.15, 0.2) is 48.8 Å². The molecule has 0 bridgehead atoms. The lowest BCUT2D eigenvalue weighted by Crippen LogP contribution is -2.03. The molecule has 0 aliphatic rings. The third kappa shape index (κ3) is 2.28. The number of hydrogen-bond acceptors (Lipinski definition) is 3. The zero-order chi connectivity index (χ0) is 14.1. The molecule has 0 fully saturated rings. The van der Waals surface area contributed by atoms with E-state index in [9.17, 15) is 5.11 Å². The van der Waals surface area contributed by atoms with Crippen LogP contribution in [0.1, 0.15) is 28.5 Å². The summed E-state index contributed by atoms with van der Waals surface area (Å²) >= 11 is 0. The van der Waals surface area contributed by atoms with E-state index in [2.05, 4.69) is 9.97 Å². The van der Waals surface area contributed by atoms with Crippen molar-refractivity contribution in [1.29, 1.82) is 0 Å². The first kappa shape index (κ1) is 12.8. The second kappa shape index (κ2) is 5.02. The van der Waals surface area contributed by atoms with Gasteiger partial charge in [0.25, 0.3) is 0 Å². The van der Waals surface area contributed by atoms with E-state index in [1.165, 1.54) is 0 Å². The van der Waals surface area contributed by atoms with Crippen molar-refractivity contribution in [3.63, 3.8) is 0 Å². The Morgan fingerprint density at radius 3 is 2.65 bits per heavy atom. The molecule has 3 nitrogen and oxygen atoms in total. The number of aromatic nitrogens is 2. The number of fused-ring (bicyclic) bond motifs is 1. The van der Waals surface area contributed by atoms with E-state index in [1.807, 2.05) is 50.2 Å². The van der Waals surface area contributed by atoms with Gasteiger partial charge in [-0.25, -0.2) is 0 Å².